The molecule has 2 aromatic carbocycles. The molecule has 2 fully saturated rings. The van der Waals surface area contributed by atoms with Crippen LogP contribution in [0.3, 0.4) is 0 Å². The highest BCUT2D eigenvalue weighted by Crippen LogP contribution is 2.38. The van der Waals surface area contributed by atoms with E-state index in [2.05, 4.69) is 45.0 Å². The number of nitrogens with zero attached hydrogens (tertiary/aromatic N) is 6. The lowest BCUT2D eigenvalue weighted by Gasteiger charge is -2.53. The Morgan fingerprint density at radius 1 is 1.05 bits per heavy atom. The third-order valence-electron chi connectivity index (χ3n) is 7.92. The summed E-state index contributed by atoms with van der Waals surface area (Å²) in [5, 5.41) is 9.37. The molecular formula is C31H38BrClN6O3. The van der Waals surface area contributed by atoms with Gasteiger partial charge >= 0.3 is 6.09 Å². The van der Waals surface area contributed by atoms with Crippen molar-refractivity contribution in [1.29, 1.82) is 0 Å². The van der Waals surface area contributed by atoms with Gasteiger partial charge in [0.1, 0.15) is 5.60 Å². The predicted octanol–water partition coefficient (Wildman–Crippen LogP) is 5.58. The van der Waals surface area contributed by atoms with Crippen LogP contribution < -0.4 is 0 Å². The van der Waals surface area contributed by atoms with E-state index in [1.165, 1.54) is 0 Å². The van der Waals surface area contributed by atoms with Crippen molar-refractivity contribution in [2.75, 3.05) is 26.2 Å². The second-order valence-corrected chi connectivity index (χ2v) is 13.9. The summed E-state index contributed by atoms with van der Waals surface area (Å²) in [7, 11) is 0. The topological polar surface area (TPSA) is 83.8 Å². The molecule has 0 saturated carbocycles. The largest absolute Gasteiger partial charge is 0.444 e. The molecule has 0 unspecified atom stereocenters. The van der Waals surface area contributed by atoms with E-state index in [-0.39, 0.29) is 24.1 Å². The Bertz CT molecular complexity index is 1420. The Kier molecular flexibility index (Phi) is 8.70. The number of rotatable bonds is 6. The molecule has 0 bridgehead atoms. The zero-order chi connectivity index (χ0) is 30.2. The number of hydrogen-bond donors (Lipinski definition) is 0. The number of carbonyl (C=O) groups excluding carboxylic acids is 2. The first-order chi connectivity index (χ1) is 19.8. The van der Waals surface area contributed by atoms with Crippen LogP contribution in [0.25, 0.3) is 5.69 Å². The standard InChI is InChI=1S/C31H38BrClN6O3/c1-21-15-36(16-22(2)38(21)17-24-18-39(35-34-24)25-11-12-27(33)26(32)13-25)28(40)31(14-23-9-7-6-8-10-23)19-37(20-31)29(41)42-30(3,4)5/h6-13,18,21-22H,14-17,19-20H2,1-5H3/t21-,22+. The molecule has 2 atom stereocenters. The molecule has 2 amide bonds. The molecule has 0 N–H and O–H groups in total. The van der Waals surface area contributed by atoms with Crippen molar-refractivity contribution >= 4 is 39.5 Å². The number of aromatic nitrogens is 3. The fraction of sp³-hybridized carbons (Fsp3) is 0.484. The summed E-state index contributed by atoms with van der Waals surface area (Å²) in [5.74, 6) is 0.101. The lowest BCUT2D eigenvalue weighted by atomic mass is 9.73. The quantitative estimate of drug-likeness (QED) is 0.344. The molecule has 0 aliphatic carbocycles. The molecule has 5 rings (SSSR count). The van der Waals surface area contributed by atoms with Crippen LogP contribution in [0.5, 0.6) is 0 Å². The SMILES string of the molecule is C[C@@H]1CN(C(=O)C2(Cc3ccccc3)CN(C(=O)OC(C)(C)C)C2)C[C@H](C)N1Cc1cn(-c2ccc(Cl)c(Br)c2)nn1. The summed E-state index contributed by atoms with van der Waals surface area (Å²) in [5.41, 5.74) is 1.55. The highest BCUT2D eigenvalue weighted by molar-refractivity contribution is 9.10. The van der Waals surface area contributed by atoms with Gasteiger partial charge in [-0.3, -0.25) is 9.69 Å². The Morgan fingerprint density at radius 3 is 2.33 bits per heavy atom. The van der Waals surface area contributed by atoms with E-state index in [1.807, 2.05) is 80.4 Å². The number of ether oxygens (including phenoxy) is 1. The Morgan fingerprint density at radius 2 is 1.71 bits per heavy atom. The van der Waals surface area contributed by atoms with Gasteiger partial charge in [0, 0.05) is 49.3 Å². The molecule has 42 heavy (non-hydrogen) atoms. The highest BCUT2D eigenvalue weighted by Gasteiger charge is 2.54. The molecule has 3 aromatic rings. The van der Waals surface area contributed by atoms with Crippen LogP contribution >= 0.6 is 27.5 Å². The van der Waals surface area contributed by atoms with E-state index in [9.17, 15) is 9.59 Å². The predicted molar refractivity (Wildman–Crippen MR) is 166 cm³/mol. The van der Waals surface area contributed by atoms with Gasteiger partial charge in [-0.05, 0) is 80.7 Å². The molecule has 2 aliphatic heterocycles. The number of hydrogen-bond acceptors (Lipinski definition) is 6. The average Bonchev–Trinajstić information content (AvgIpc) is 3.37. The van der Waals surface area contributed by atoms with Gasteiger partial charge in [-0.1, -0.05) is 47.1 Å². The third-order valence-corrected chi connectivity index (χ3v) is 9.13. The van der Waals surface area contributed by atoms with Crippen molar-refractivity contribution in [1.82, 2.24) is 29.7 Å². The summed E-state index contributed by atoms with van der Waals surface area (Å²) in [6, 6.07) is 15.9. The monoisotopic (exact) mass is 656 g/mol. The molecule has 224 valence electrons. The number of benzene rings is 2. The van der Waals surface area contributed by atoms with Gasteiger partial charge in [-0.2, -0.15) is 0 Å². The molecular weight excluding hydrogens is 620 g/mol. The number of carbonyl (C=O) groups is 2. The van der Waals surface area contributed by atoms with Crippen molar-refractivity contribution in [2.45, 2.75) is 65.3 Å². The summed E-state index contributed by atoms with van der Waals surface area (Å²) in [6.07, 6.45) is 2.14. The van der Waals surface area contributed by atoms with Gasteiger partial charge in [-0.15, -0.1) is 5.10 Å². The molecule has 3 heterocycles. The first-order valence-corrected chi connectivity index (χ1v) is 15.4. The summed E-state index contributed by atoms with van der Waals surface area (Å²) < 4.78 is 8.13. The van der Waals surface area contributed by atoms with Crippen LogP contribution in [0.2, 0.25) is 5.02 Å². The summed E-state index contributed by atoms with van der Waals surface area (Å²) in [6.45, 7) is 12.4. The summed E-state index contributed by atoms with van der Waals surface area (Å²) >= 11 is 9.61. The number of piperazine rings is 1. The molecule has 2 aliphatic rings. The Hall–Kier alpha value is -2.95. The number of likely N-dealkylation sites (tertiary alicyclic amines) is 1. The number of amides is 2. The maximum absolute atomic E-state index is 14.2. The van der Waals surface area contributed by atoms with Crippen molar-refractivity contribution in [3.8, 4) is 5.69 Å². The normalized spacial score (nSPS) is 20.7. The minimum atomic E-state index is -0.671. The minimum Gasteiger partial charge on any atom is -0.444 e. The molecule has 9 nitrogen and oxygen atoms in total. The van der Waals surface area contributed by atoms with Gasteiger partial charge < -0.3 is 14.5 Å². The molecule has 2 saturated heterocycles. The minimum absolute atomic E-state index is 0.101. The zero-order valence-corrected chi connectivity index (χ0v) is 27.1. The van der Waals surface area contributed by atoms with E-state index >= 15 is 0 Å². The maximum atomic E-state index is 14.2. The maximum Gasteiger partial charge on any atom is 0.410 e. The summed E-state index contributed by atoms with van der Waals surface area (Å²) in [4.78, 5) is 33.0. The average molecular weight is 658 g/mol. The van der Waals surface area contributed by atoms with E-state index in [4.69, 9.17) is 16.3 Å². The highest BCUT2D eigenvalue weighted by atomic mass is 79.9. The molecule has 0 spiro atoms. The Labute approximate surface area is 260 Å². The van der Waals surface area contributed by atoms with E-state index in [0.717, 1.165) is 21.4 Å². The third kappa shape index (κ3) is 6.66. The van der Waals surface area contributed by atoms with Crippen LogP contribution in [-0.2, 0) is 22.5 Å². The van der Waals surface area contributed by atoms with E-state index in [1.54, 1.807) is 9.58 Å². The second kappa shape index (κ2) is 12.0. The van der Waals surface area contributed by atoms with E-state index < -0.39 is 11.0 Å². The first kappa shape index (κ1) is 30.5. The molecule has 11 heteroatoms. The van der Waals surface area contributed by atoms with Gasteiger partial charge in [0.25, 0.3) is 0 Å². The second-order valence-electron chi connectivity index (χ2n) is 12.6. The van der Waals surface area contributed by atoms with Gasteiger partial charge in [0.05, 0.1) is 28.0 Å². The van der Waals surface area contributed by atoms with Crippen LogP contribution in [0.1, 0.15) is 45.9 Å². The Balaban J connectivity index is 1.27. The first-order valence-electron chi connectivity index (χ1n) is 14.3. The zero-order valence-electron chi connectivity index (χ0n) is 24.8. The lowest BCUT2D eigenvalue weighted by Crippen LogP contribution is -2.69. The number of halogens is 2. The van der Waals surface area contributed by atoms with Crippen molar-refractivity contribution < 1.29 is 14.3 Å². The van der Waals surface area contributed by atoms with Gasteiger partial charge in [-0.25, -0.2) is 9.48 Å². The van der Waals surface area contributed by atoms with E-state index in [0.29, 0.717) is 44.2 Å². The molecule has 0 radical (unpaired) electrons. The fourth-order valence-electron chi connectivity index (χ4n) is 5.93. The van der Waals surface area contributed by atoms with Crippen molar-refractivity contribution in [3.63, 3.8) is 0 Å². The molecule has 1 aromatic heterocycles. The van der Waals surface area contributed by atoms with Crippen molar-refractivity contribution in [3.05, 3.63) is 75.5 Å². The fourth-order valence-corrected chi connectivity index (χ4v) is 6.41. The smallest absolute Gasteiger partial charge is 0.410 e. The van der Waals surface area contributed by atoms with Crippen LogP contribution in [0, 0.1) is 5.41 Å². The van der Waals surface area contributed by atoms with Crippen LogP contribution in [0.15, 0.2) is 59.2 Å². The van der Waals surface area contributed by atoms with Gasteiger partial charge in [0.15, 0.2) is 0 Å². The lowest BCUT2D eigenvalue weighted by molar-refractivity contribution is -0.157. The van der Waals surface area contributed by atoms with Gasteiger partial charge in [0.2, 0.25) is 5.91 Å². The van der Waals surface area contributed by atoms with Crippen LogP contribution in [-0.4, -0.2) is 85.6 Å². The van der Waals surface area contributed by atoms with Crippen molar-refractivity contribution in [2.24, 2.45) is 5.41 Å². The van der Waals surface area contributed by atoms with Crippen LogP contribution in [0.4, 0.5) is 4.79 Å².